The Balaban J connectivity index is 1.82. The Morgan fingerprint density at radius 2 is 1.79 bits per heavy atom. The molecule has 0 radical (unpaired) electrons. The fraction of sp³-hybridized carbons (Fsp3) is 0.333. The second kappa shape index (κ2) is 9.41. The summed E-state index contributed by atoms with van der Waals surface area (Å²) in [5.41, 5.74) is 2.95. The fourth-order valence-electron chi connectivity index (χ4n) is 3.55. The number of ether oxygens (including phenoxy) is 2. The molecule has 0 aliphatic carbocycles. The highest BCUT2D eigenvalue weighted by Gasteiger charge is 2.34. The van der Waals surface area contributed by atoms with Crippen molar-refractivity contribution < 1.29 is 19.1 Å². The third kappa shape index (κ3) is 5.25. The maximum atomic E-state index is 13.0. The second-order valence-corrected chi connectivity index (χ2v) is 7.42. The van der Waals surface area contributed by atoms with E-state index < -0.39 is 11.9 Å². The van der Waals surface area contributed by atoms with Crippen LogP contribution < -0.4 is 10.1 Å². The molecule has 29 heavy (non-hydrogen) atoms. The molecule has 0 unspecified atom stereocenters. The average molecular weight is 393 g/mol. The molecule has 2 aromatic carbocycles. The summed E-state index contributed by atoms with van der Waals surface area (Å²) in [4.78, 5) is 25.2. The van der Waals surface area contributed by atoms with E-state index in [4.69, 9.17) is 9.47 Å². The topological polar surface area (TPSA) is 64.6 Å². The molecule has 1 atom stereocenters. The van der Waals surface area contributed by atoms with Gasteiger partial charge in [-0.15, -0.1) is 0 Å². The molecule has 0 saturated carbocycles. The van der Waals surface area contributed by atoms with Crippen LogP contribution >= 0.6 is 0 Å². The molecular formula is C24H27NO4. The Bertz CT molecular complexity index is 902. The van der Waals surface area contributed by atoms with Crippen LogP contribution in [-0.4, -0.2) is 24.6 Å². The zero-order valence-corrected chi connectivity index (χ0v) is 17.1. The fourth-order valence-corrected chi connectivity index (χ4v) is 3.55. The Morgan fingerprint density at radius 1 is 1.10 bits per heavy atom. The quantitative estimate of drug-likeness (QED) is 0.718. The van der Waals surface area contributed by atoms with E-state index in [1.54, 1.807) is 6.92 Å². The van der Waals surface area contributed by atoms with Gasteiger partial charge in [0.2, 0.25) is 5.91 Å². The number of allylic oxidation sites excluding steroid dienone is 1. The first-order valence-corrected chi connectivity index (χ1v) is 9.93. The van der Waals surface area contributed by atoms with E-state index in [2.05, 4.69) is 5.32 Å². The summed E-state index contributed by atoms with van der Waals surface area (Å²) in [7, 11) is 0. The molecular weight excluding hydrogens is 366 g/mol. The number of carbonyl (C=O) groups excluding carboxylic acids is 2. The maximum Gasteiger partial charge on any atom is 0.336 e. The number of nitrogens with one attached hydrogen (secondary N) is 1. The summed E-state index contributed by atoms with van der Waals surface area (Å²) >= 11 is 0. The van der Waals surface area contributed by atoms with Crippen LogP contribution in [0.25, 0.3) is 0 Å². The molecule has 0 spiro atoms. The number of amides is 1. The third-order valence-corrected chi connectivity index (χ3v) is 4.81. The number of benzene rings is 2. The van der Waals surface area contributed by atoms with Gasteiger partial charge in [-0.2, -0.15) is 0 Å². The predicted octanol–water partition coefficient (Wildman–Crippen LogP) is 4.14. The van der Waals surface area contributed by atoms with Gasteiger partial charge < -0.3 is 14.8 Å². The van der Waals surface area contributed by atoms with Gasteiger partial charge >= 0.3 is 5.97 Å². The molecule has 3 rings (SSSR count). The van der Waals surface area contributed by atoms with E-state index >= 15 is 0 Å². The lowest BCUT2D eigenvalue weighted by atomic mass is 9.84. The van der Waals surface area contributed by atoms with E-state index in [1.165, 1.54) is 0 Å². The standard InChI is InChI=1S/C24H27NO4/c1-16(2)29-21-12-8-7-11-19(21)20-15-22(26)25-17(3)23(20)24(27)28-14-13-18-9-5-4-6-10-18/h4-12,16,20H,13-15H2,1-3H3,(H,25,26)/t20-/m1/s1. The highest BCUT2D eigenvalue weighted by Crippen LogP contribution is 2.38. The molecule has 1 aliphatic heterocycles. The SMILES string of the molecule is CC1=C(C(=O)OCCc2ccccc2)[C@@H](c2ccccc2OC(C)C)CC(=O)N1. The van der Waals surface area contributed by atoms with Crippen molar-refractivity contribution in [2.45, 2.75) is 45.6 Å². The van der Waals surface area contributed by atoms with Crippen molar-refractivity contribution in [3.05, 3.63) is 77.0 Å². The van der Waals surface area contributed by atoms with E-state index in [0.29, 0.717) is 23.4 Å². The van der Waals surface area contributed by atoms with Gasteiger partial charge in [0.25, 0.3) is 0 Å². The minimum Gasteiger partial charge on any atom is -0.491 e. The van der Waals surface area contributed by atoms with Gasteiger partial charge in [-0.25, -0.2) is 4.79 Å². The number of carbonyl (C=O) groups is 2. The molecule has 152 valence electrons. The van der Waals surface area contributed by atoms with Crippen LogP contribution in [0.4, 0.5) is 0 Å². The highest BCUT2D eigenvalue weighted by molar-refractivity contribution is 5.96. The lowest BCUT2D eigenvalue weighted by molar-refractivity contribution is -0.139. The van der Waals surface area contributed by atoms with Gasteiger partial charge in [-0.3, -0.25) is 4.79 Å². The summed E-state index contributed by atoms with van der Waals surface area (Å²) in [5, 5.41) is 2.78. The van der Waals surface area contributed by atoms with Gasteiger partial charge in [0.15, 0.2) is 0 Å². The van der Waals surface area contributed by atoms with Crippen LogP contribution in [0.3, 0.4) is 0 Å². The van der Waals surface area contributed by atoms with Crippen molar-refractivity contribution in [1.82, 2.24) is 5.32 Å². The molecule has 5 heteroatoms. The molecule has 0 saturated heterocycles. The van der Waals surface area contributed by atoms with Crippen molar-refractivity contribution in [3.8, 4) is 5.75 Å². The first-order chi connectivity index (χ1) is 14.0. The van der Waals surface area contributed by atoms with Gasteiger partial charge in [-0.05, 0) is 32.4 Å². The number of hydrogen-bond donors (Lipinski definition) is 1. The van der Waals surface area contributed by atoms with Crippen LogP contribution in [-0.2, 0) is 20.7 Å². The molecule has 5 nitrogen and oxygen atoms in total. The predicted molar refractivity (Wildman–Crippen MR) is 112 cm³/mol. The number of esters is 1. The third-order valence-electron chi connectivity index (χ3n) is 4.81. The molecule has 0 fully saturated rings. The molecule has 1 heterocycles. The number of rotatable bonds is 7. The number of hydrogen-bond acceptors (Lipinski definition) is 4. The Kier molecular flexibility index (Phi) is 6.70. The molecule has 2 aromatic rings. The lowest BCUT2D eigenvalue weighted by Gasteiger charge is -2.28. The van der Waals surface area contributed by atoms with Gasteiger partial charge in [0.1, 0.15) is 5.75 Å². The summed E-state index contributed by atoms with van der Waals surface area (Å²) in [5.74, 6) is -0.233. The Hall–Kier alpha value is -3.08. The monoisotopic (exact) mass is 393 g/mol. The molecule has 0 aromatic heterocycles. The zero-order valence-electron chi connectivity index (χ0n) is 17.1. The van der Waals surface area contributed by atoms with Gasteiger partial charge in [0, 0.05) is 30.0 Å². The highest BCUT2D eigenvalue weighted by atomic mass is 16.5. The number of para-hydroxylation sites is 1. The first-order valence-electron chi connectivity index (χ1n) is 9.93. The summed E-state index contributed by atoms with van der Waals surface area (Å²) in [6, 6.07) is 17.4. The van der Waals surface area contributed by atoms with E-state index in [-0.39, 0.29) is 25.0 Å². The maximum absolute atomic E-state index is 13.0. The zero-order chi connectivity index (χ0) is 20.8. The molecule has 1 N–H and O–H groups in total. The van der Waals surface area contributed by atoms with Crippen molar-refractivity contribution in [1.29, 1.82) is 0 Å². The summed E-state index contributed by atoms with van der Waals surface area (Å²) < 4.78 is 11.5. The second-order valence-electron chi connectivity index (χ2n) is 7.42. The van der Waals surface area contributed by atoms with Crippen molar-refractivity contribution in [3.63, 3.8) is 0 Å². The minimum atomic E-state index is -0.400. The van der Waals surface area contributed by atoms with Gasteiger partial charge in [0.05, 0.1) is 18.3 Å². The smallest absolute Gasteiger partial charge is 0.336 e. The van der Waals surface area contributed by atoms with Crippen molar-refractivity contribution in [2.24, 2.45) is 0 Å². The van der Waals surface area contributed by atoms with Crippen LogP contribution in [0.5, 0.6) is 5.75 Å². The van der Waals surface area contributed by atoms with E-state index in [0.717, 1.165) is 11.1 Å². The Labute approximate surface area is 171 Å². The van der Waals surface area contributed by atoms with Crippen molar-refractivity contribution >= 4 is 11.9 Å². The summed E-state index contributed by atoms with van der Waals surface area (Å²) in [6.45, 7) is 5.92. The lowest BCUT2D eigenvalue weighted by Crippen LogP contribution is -2.34. The largest absolute Gasteiger partial charge is 0.491 e. The first kappa shape index (κ1) is 20.6. The molecule has 1 aliphatic rings. The Morgan fingerprint density at radius 3 is 2.52 bits per heavy atom. The van der Waals surface area contributed by atoms with Gasteiger partial charge in [-0.1, -0.05) is 48.5 Å². The van der Waals surface area contributed by atoms with Crippen LogP contribution in [0.1, 0.15) is 44.2 Å². The minimum absolute atomic E-state index is 0.0140. The van der Waals surface area contributed by atoms with E-state index in [9.17, 15) is 9.59 Å². The van der Waals surface area contributed by atoms with E-state index in [1.807, 2.05) is 68.4 Å². The van der Waals surface area contributed by atoms with Crippen LogP contribution in [0.15, 0.2) is 65.9 Å². The molecule has 1 amide bonds. The average Bonchev–Trinajstić information content (AvgIpc) is 2.68. The normalized spacial score (nSPS) is 16.6. The van der Waals surface area contributed by atoms with Crippen molar-refractivity contribution in [2.75, 3.05) is 6.61 Å². The van der Waals surface area contributed by atoms with Crippen LogP contribution in [0, 0.1) is 0 Å². The molecule has 0 bridgehead atoms. The summed E-state index contributed by atoms with van der Waals surface area (Å²) in [6.07, 6.45) is 0.807. The van der Waals surface area contributed by atoms with Crippen LogP contribution in [0.2, 0.25) is 0 Å².